The predicted octanol–water partition coefficient (Wildman–Crippen LogP) is 4.19. The Labute approximate surface area is 99.0 Å². The van der Waals surface area contributed by atoms with Gasteiger partial charge in [-0.3, -0.25) is 4.48 Å². The van der Waals surface area contributed by atoms with Crippen LogP contribution in [-0.4, -0.2) is 13.6 Å². The van der Waals surface area contributed by atoms with E-state index < -0.39 is 0 Å². The van der Waals surface area contributed by atoms with Crippen LogP contribution in [0.2, 0.25) is 0 Å². The average molecular weight is 216 g/mol. The van der Waals surface area contributed by atoms with Crippen molar-refractivity contribution in [1.29, 1.82) is 0 Å². The second kappa shape index (κ2) is 4.06. The Morgan fingerprint density at radius 1 is 1.12 bits per heavy atom. The molecule has 1 aromatic carbocycles. The van der Waals surface area contributed by atoms with E-state index in [-0.39, 0.29) is 0 Å². The number of unbranched alkanes of at least 4 members (excludes halogenated alkanes) is 1. The van der Waals surface area contributed by atoms with Gasteiger partial charge >= 0.3 is 0 Å². The Morgan fingerprint density at radius 2 is 1.81 bits per heavy atom. The van der Waals surface area contributed by atoms with Crippen LogP contribution < -0.4 is 4.48 Å². The van der Waals surface area contributed by atoms with Crippen molar-refractivity contribution in [2.24, 2.45) is 0 Å². The van der Waals surface area contributed by atoms with E-state index in [2.05, 4.69) is 52.1 Å². The van der Waals surface area contributed by atoms with Gasteiger partial charge in [0.1, 0.15) is 11.4 Å². The third-order valence-corrected chi connectivity index (χ3v) is 4.08. The van der Waals surface area contributed by atoms with Gasteiger partial charge in [-0.05, 0) is 19.4 Å². The molecule has 16 heavy (non-hydrogen) atoms. The van der Waals surface area contributed by atoms with E-state index in [1.165, 1.54) is 41.9 Å². The zero-order chi connectivity index (χ0) is 11.8. The van der Waals surface area contributed by atoms with Crippen LogP contribution in [0.15, 0.2) is 30.0 Å². The molecule has 0 aliphatic carbocycles. The Hall–Kier alpha value is -1.08. The summed E-state index contributed by atoms with van der Waals surface area (Å²) in [5.41, 5.74) is 5.90. The predicted molar refractivity (Wildman–Crippen MR) is 72.2 cm³/mol. The molecule has 0 spiro atoms. The smallest absolute Gasteiger partial charge is 0.145 e. The molecule has 1 heteroatoms. The van der Waals surface area contributed by atoms with Crippen molar-refractivity contribution >= 4 is 11.3 Å². The lowest BCUT2D eigenvalue weighted by atomic mass is 10.1. The fourth-order valence-electron chi connectivity index (χ4n) is 2.73. The van der Waals surface area contributed by atoms with Gasteiger partial charge in [0.2, 0.25) is 0 Å². The molecule has 1 aromatic rings. The molecule has 1 aliphatic rings. The number of para-hydroxylation sites is 1. The number of benzene rings is 1. The summed E-state index contributed by atoms with van der Waals surface area (Å²) in [6.45, 7) is 8.02. The van der Waals surface area contributed by atoms with Gasteiger partial charge in [0.25, 0.3) is 0 Å². The molecule has 0 saturated heterocycles. The van der Waals surface area contributed by atoms with Crippen LogP contribution in [0, 0.1) is 0 Å². The molecular formula is C15H22N+. The summed E-state index contributed by atoms with van der Waals surface area (Å²) in [7, 11) is 2.35. The minimum atomic E-state index is 1.01. The van der Waals surface area contributed by atoms with E-state index in [9.17, 15) is 0 Å². The molecule has 1 atom stereocenters. The highest BCUT2D eigenvalue weighted by atomic mass is 15.4. The van der Waals surface area contributed by atoms with E-state index in [0.29, 0.717) is 0 Å². The molecule has 1 unspecified atom stereocenters. The first-order chi connectivity index (χ1) is 7.61. The van der Waals surface area contributed by atoms with Crippen LogP contribution in [0.3, 0.4) is 0 Å². The molecule has 0 aromatic heterocycles. The Balaban J connectivity index is 2.48. The highest BCUT2D eigenvalue weighted by Gasteiger charge is 2.37. The normalized spacial score (nSPS) is 23.8. The summed E-state index contributed by atoms with van der Waals surface area (Å²) in [6.07, 6.45) is 2.55. The van der Waals surface area contributed by atoms with Gasteiger partial charge in [-0.1, -0.05) is 25.5 Å². The Kier molecular flexibility index (Phi) is 2.90. The van der Waals surface area contributed by atoms with Crippen LogP contribution in [0.5, 0.6) is 0 Å². The minimum absolute atomic E-state index is 1.01. The van der Waals surface area contributed by atoms with Gasteiger partial charge in [0.15, 0.2) is 0 Å². The first-order valence-electron chi connectivity index (χ1n) is 6.25. The van der Waals surface area contributed by atoms with Crippen molar-refractivity contribution in [1.82, 2.24) is 4.48 Å². The van der Waals surface area contributed by atoms with Gasteiger partial charge < -0.3 is 0 Å². The van der Waals surface area contributed by atoms with E-state index in [0.717, 1.165) is 4.48 Å². The number of hydrogen-bond acceptors (Lipinski definition) is 0. The lowest BCUT2D eigenvalue weighted by molar-refractivity contribution is 0.406. The zero-order valence-electron chi connectivity index (χ0n) is 10.9. The largest absolute Gasteiger partial charge is 0.264 e. The number of fused-ring (bicyclic) bond motifs is 1. The monoisotopic (exact) mass is 216 g/mol. The van der Waals surface area contributed by atoms with Crippen molar-refractivity contribution in [3.63, 3.8) is 0 Å². The summed E-state index contributed by atoms with van der Waals surface area (Å²) in [4.78, 5) is 0. The number of hydrogen-bond donors (Lipinski definition) is 0. The van der Waals surface area contributed by atoms with Gasteiger partial charge in [-0.25, -0.2) is 0 Å². The summed E-state index contributed by atoms with van der Waals surface area (Å²) in [5.74, 6) is 0. The van der Waals surface area contributed by atoms with E-state index in [1.807, 2.05) is 0 Å². The average Bonchev–Trinajstić information content (AvgIpc) is 2.51. The number of nitrogens with zero attached hydrogens (tertiary/aromatic N) is 1. The molecule has 0 radical (unpaired) electrons. The van der Waals surface area contributed by atoms with Crippen molar-refractivity contribution in [2.75, 3.05) is 13.6 Å². The Bertz CT molecular complexity index is 431. The second-order valence-electron chi connectivity index (χ2n) is 5.00. The SMILES string of the molecule is CCCC[N+]1(C)C(C)=C(C)c2ccccc21. The number of rotatable bonds is 3. The van der Waals surface area contributed by atoms with Gasteiger partial charge in [-0.2, -0.15) is 0 Å². The molecule has 0 N–H and O–H groups in total. The van der Waals surface area contributed by atoms with Gasteiger partial charge in [-0.15, -0.1) is 0 Å². The third kappa shape index (κ3) is 1.51. The lowest BCUT2D eigenvalue weighted by Gasteiger charge is -2.31. The van der Waals surface area contributed by atoms with Crippen molar-refractivity contribution < 1.29 is 0 Å². The first kappa shape index (κ1) is 11.4. The molecule has 0 saturated carbocycles. The standard InChI is InChI=1S/C15H22N/c1-5-6-11-16(4)13(3)12(2)14-9-7-8-10-15(14)16/h7-10H,5-6,11H2,1-4H3/q+1. The molecule has 0 amide bonds. The summed E-state index contributed by atoms with van der Waals surface area (Å²) in [5, 5.41) is 0. The Morgan fingerprint density at radius 3 is 2.50 bits per heavy atom. The number of quaternary nitrogens is 1. The lowest BCUT2D eigenvalue weighted by Crippen LogP contribution is -2.42. The molecule has 86 valence electrons. The van der Waals surface area contributed by atoms with Crippen LogP contribution >= 0.6 is 0 Å². The molecule has 1 heterocycles. The highest BCUT2D eigenvalue weighted by Crippen LogP contribution is 2.43. The number of allylic oxidation sites excluding steroid dienone is 2. The topological polar surface area (TPSA) is 0 Å². The summed E-state index contributed by atoms with van der Waals surface area (Å²) < 4.78 is 1.01. The van der Waals surface area contributed by atoms with Crippen molar-refractivity contribution in [3.05, 3.63) is 35.5 Å². The van der Waals surface area contributed by atoms with Gasteiger partial charge in [0, 0.05) is 24.1 Å². The highest BCUT2D eigenvalue weighted by molar-refractivity contribution is 5.83. The fourth-order valence-corrected chi connectivity index (χ4v) is 2.73. The summed E-state index contributed by atoms with van der Waals surface area (Å²) in [6, 6.07) is 8.84. The van der Waals surface area contributed by atoms with Crippen LogP contribution in [0.25, 0.3) is 5.57 Å². The van der Waals surface area contributed by atoms with E-state index in [1.54, 1.807) is 0 Å². The zero-order valence-corrected chi connectivity index (χ0v) is 10.9. The third-order valence-electron chi connectivity index (χ3n) is 4.08. The maximum absolute atomic E-state index is 2.35. The molecule has 0 bridgehead atoms. The summed E-state index contributed by atoms with van der Waals surface area (Å²) >= 11 is 0. The van der Waals surface area contributed by atoms with Crippen molar-refractivity contribution in [3.8, 4) is 0 Å². The molecule has 0 fully saturated rings. The molecular weight excluding hydrogens is 194 g/mol. The first-order valence-corrected chi connectivity index (χ1v) is 6.25. The van der Waals surface area contributed by atoms with E-state index >= 15 is 0 Å². The maximum Gasteiger partial charge on any atom is 0.145 e. The van der Waals surface area contributed by atoms with Gasteiger partial charge in [0.05, 0.1) is 13.6 Å². The second-order valence-corrected chi connectivity index (χ2v) is 5.00. The molecule has 1 nitrogen and oxygen atoms in total. The quantitative estimate of drug-likeness (QED) is 0.665. The van der Waals surface area contributed by atoms with E-state index in [4.69, 9.17) is 0 Å². The maximum atomic E-state index is 2.35. The van der Waals surface area contributed by atoms with Crippen LogP contribution in [0.4, 0.5) is 5.69 Å². The fraction of sp³-hybridized carbons (Fsp3) is 0.467. The molecule has 1 aliphatic heterocycles. The molecule has 2 rings (SSSR count). The van der Waals surface area contributed by atoms with Crippen LogP contribution in [0.1, 0.15) is 39.2 Å². The van der Waals surface area contributed by atoms with Crippen LogP contribution in [-0.2, 0) is 0 Å². The minimum Gasteiger partial charge on any atom is -0.264 e. The van der Waals surface area contributed by atoms with Crippen molar-refractivity contribution in [2.45, 2.75) is 33.6 Å².